The molecule has 0 bridgehead atoms. The van der Waals surface area contributed by atoms with Gasteiger partial charge in [-0.25, -0.2) is 15.0 Å². The highest BCUT2D eigenvalue weighted by atomic mass is 32.1. The fourth-order valence-electron chi connectivity index (χ4n) is 1.26. The fourth-order valence-corrected chi connectivity index (χ4v) is 1.93. The molecule has 0 amide bonds. The van der Waals surface area contributed by atoms with E-state index in [2.05, 4.69) is 24.6 Å². The Hall–Kier alpha value is -1.76. The van der Waals surface area contributed by atoms with E-state index < -0.39 is 0 Å². The van der Waals surface area contributed by atoms with Crippen molar-refractivity contribution in [1.29, 1.82) is 0 Å². The average molecular weight is 265 g/mol. The first kappa shape index (κ1) is 12.7. The highest BCUT2D eigenvalue weighted by Gasteiger charge is 2.01. The van der Waals surface area contributed by atoms with Gasteiger partial charge in [-0.3, -0.25) is 0 Å². The Balaban J connectivity index is 1.61. The zero-order chi connectivity index (χ0) is 12.6. The lowest BCUT2D eigenvalue weighted by molar-refractivity contribution is 0.290. The summed E-state index contributed by atoms with van der Waals surface area (Å²) in [5, 5.41) is 4.07. The molecule has 7 heteroatoms. The van der Waals surface area contributed by atoms with Crippen LogP contribution in [0.5, 0.6) is 6.01 Å². The van der Waals surface area contributed by atoms with Crippen LogP contribution in [0, 0.1) is 0 Å². The first-order valence-electron chi connectivity index (χ1n) is 5.84. The summed E-state index contributed by atoms with van der Waals surface area (Å²) in [7, 11) is 0. The standard InChI is InChI=1S/C11H15N5OS/c1-2-9-15-11(18-16-9)14-7-4-8-17-10-12-5-3-6-13-10/h3,5-6H,2,4,7-8H2,1H3,(H,14,15,16). The first-order valence-corrected chi connectivity index (χ1v) is 6.62. The van der Waals surface area contributed by atoms with Crippen molar-refractivity contribution in [3.8, 4) is 6.01 Å². The van der Waals surface area contributed by atoms with Crippen molar-refractivity contribution in [2.24, 2.45) is 0 Å². The Bertz CT molecular complexity index is 461. The first-order chi connectivity index (χ1) is 8.88. The van der Waals surface area contributed by atoms with E-state index >= 15 is 0 Å². The van der Waals surface area contributed by atoms with Gasteiger partial charge in [0, 0.05) is 36.9 Å². The van der Waals surface area contributed by atoms with E-state index in [1.54, 1.807) is 18.5 Å². The van der Waals surface area contributed by atoms with Crippen molar-refractivity contribution in [1.82, 2.24) is 19.3 Å². The van der Waals surface area contributed by atoms with Gasteiger partial charge in [0.25, 0.3) is 0 Å². The van der Waals surface area contributed by atoms with Crippen molar-refractivity contribution in [2.75, 3.05) is 18.5 Å². The van der Waals surface area contributed by atoms with E-state index in [-0.39, 0.29) is 0 Å². The second kappa shape index (κ2) is 6.85. The van der Waals surface area contributed by atoms with Crippen LogP contribution >= 0.6 is 11.5 Å². The predicted octanol–water partition coefficient (Wildman–Crippen LogP) is 1.77. The average Bonchev–Trinajstić information content (AvgIpc) is 2.87. The monoisotopic (exact) mass is 265 g/mol. The maximum Gasteiger partial charge on any atom is 0.316 e. The van der Waals surface area contributed by atoms with Crippen molar-refractivity contribution < 1.29 is 4.74 Å². The van der Waals surface area contributed by atoms with Crippen molar-refractivity contribution in [2.45, 2.75) is 19.8 Å². The maximum absolute atomic E-state index is 5.38. The Kier molecular flexibility index (Phi) is 4.83. The van der Waals surface area contributed by atoms with Gasteiger partial charge in [-0.1, -0.05) is 6.92 Å². The third-order valence-electron chi connectivity index (χ3n) is 2.15. The smallest absolute Gasteiger partial charge is 0.316 e. The van der Waals surface area contributed by atoms with Gasteiger partial charge >= 0.3 is 6.01 Å². The number of nitrogens with zero attached hydrogens (tertiary/aromatic N) is 4. The van der Waals surface area contributed by atoms with Crippen molar-refractivity contribution in [3.05, 3.63) is 24.3 Å². The highest BCUT2D eigenvalue weighted by molar-refractivity contribution is 7.09. The molecule has 0 fully saturated rings. The summed E-state index contributed by atoms with van der Waals surface area (Å²) in [6.45, 7) is 3.42. The van der Waals surface area contributed by atoms with Crippen molar-refractivity contribution in [3.63, 3.8) is 0 Å². The molecule has 0 aliphatic carbocycles. The molecule has 0 aliphatic rings. The summed E-state index contributed by atoms with van der Waals surface area (Å²) in [6.07, 6.45) is 5.05. The SMILES string of the molecule is CCc1nsc(NCCCOc2ncccn2)n1. The summed E-state index contributed by atoms with van der Waals surface area (Å²) >= 11 is 1.39. The van der Waals surface area contributed by atoms with E-state index in [1.807, 2.05) is 6.92 Å². The van der Waals surface area contributed by atoms with Crippen LogP contribution in [0.1, 0.15) is 19.2 Å². The van der Waals surface area contributed by atoms with E-state index in [0.717, 1.165) is 30.3 Å². The lowest BCUT2D eigenvalue weighted by Gasteiger charge is -2.03. The second-order valence-electron chi connectivity index (χ2n) is 3.53. The zero-order valence-corrected chi connectivity index (χ0v) is 11.0. The molecular weight excluding hydrogens is 250 g/mol. The largest absolute Gasteiger partial charge is 0.463 e. The van der Waals surface area contributed by atoms with Gasteiger partial charge in [0.1, 0.15) is 5.82 Å². The predicted molar refractivity (Wildman–Crippen MR) is 69.9 cm³/mol. The topological polar surface area (TPSA) is 72.8 Å². The molecule has 2 aromatic rings. The molecule has 0 aliphatic heterocycles. The quantitative estimate of drug-likeness (QED) is 0.769. The maximum atomic E-state index is 5.38. The van der Waals surface area contributed by atoms with Gasteiger partial charge in [0.05, 0.1) is 6.61 Å². The van der Waals surface area contributed by atoms with Gasteiger partial charge in [-0.15, -0.1) is 0 Å². The molecule has 0 atom stereocenters. The van der Waals surface area contributed by atoms with Crippen LogP contribution in [0.3, 0.4) is 0 Å². The molecule has 96 valence electrons. The van der Waals surface area contributed by atoms with E-state index in [4.69, 9.17) is 4.74 Å². The van der Waals surface area contributed by atoms with Gasteiger partial charge in [0.2, 0.25) is 5.13 Å². The molecule has 0 aromatic carbocycles. The Morgan fingerprint density at radius 1 is 1.33 bits per heavy atom. The third kappa shape index (κ3) is 3.92. The minimum absolute atomic E-state index is 0.418. The molecule has 2 rings (SSSR count). The Morgan fingerprint density at radius 3 is 2.89 bits per heavy atom. The number of ether oxygens (including phenoxy) is 1. The fraction of sp³-hybridized carbons (Fsp3) is 0.455. The van der Waals surface area contributed by atoms with Crippen LogP contribution in [0.15, 0.2) is 18.5 Å². The number of nitrogens with one attached hydrogen (secondary N) is 1. The number of aromatic nitrogens is 4. The number of aryl methyl sites for hydroxylation is 1. The van der Waals surface area contributed by atoms with Gasteiger partial charge in [0.15, 0.2) is 0 Å². The molecule has 0 spiro atoms. The van der Waals surface area contributed by atoms with Crippen LogP contribution in [0.4, 0.5) is 5.13 Å². The second-order valence-corrected chi connectivity index (χ2v) is 4.28. The Labute approximate surface area is 110 Å². The van der Waals surface area contributed by atoms with E-state index in [9.17, 15) is 0 Å². The number of hydrogen-bond donors (Lipinski definition) is 1. The van der Waals surface area contributed by atoms with Crippen LogP contribution in [-0.2, 0) is 6.42 Å². The van der Waals surface area contributed by atoms with Crippen LogP contribution in [0.2, 0.25) is 0 Å². The molecule has 18 heavy (non-hydrogen) atoms. The molecule has 0 unspecified atom stereocenters. The minimum atomic E-state index is 0.418. The van der Waals surface area contributed by atoms with Crippen molar-refractivity contribution >= 4 is 16.7 Å². The van der Waals surface area contributed by atoms with Crippen LogP contribution in [-0.4, -0.2) is 32.5 Å². The molecule has 2 aromatic heterocycles. The number of rotatable bonds is 7. The number of anilines is 1. The minimum Gasteiger partial charge on any atom is -0.463 e. The molecule has 0 radical (unpaired) electrons. The summed E-state index contributed by atoms with van der Waals surface area (Å²) in [5.41, 5.74) is 0. The molecular formula is C11H15N5OS. The zero-order valence-electron chi connectivity index (χ0n) is 10.2. The lowest BCUT2D eigenvalue weighted by Crippen LogP contribution is -2.08. The number of hydrogen-bond acceptors (Lipinski definition) is 7. The molecule has 0 saturated carbocycles. The van der Waals surface area contributed by atoms with Gasteiger partial charge < -0.3 is 10.1 Å². The summed E-state index contributed by atoms with van der Waals surface area (Å²) in [5.74, 6) is 0.886. The van der Waals surface area contributed by atoms with Crippen LogP contribution in [0.25, 0.3) is 0 Å². The molecule has 1 N–H and O–H groups in total. The summed E-state index contributed by atoms with van der Waals surface area (Å²) < 4.78 is 9.57. The highest BCUT2D eigenvalue weighted by Crippen LogP contribution is 2.10. The van der Waals surface area contributed by atoms with Gasteiger partial charge in [-0.2, -0.15) is 4.37 Å². The normalized spacial score (nSPS) is 10.3. The Morgan fingerprint density at radius 2 is 2.17 bits per heavy atom. The van der Waals surface area contributed by atoms with E-state index in [0.29, 0.717) is 12.6 Å². The third-order valence-corrected chi connectivity index (χ3v) is 2.87. The molecule has 6 nitrogen and oxygen atoms in total. The van der Waals surface area contributed by atoms with Crippen LogP contribution < -0.4 is 10.1 Å². The summed E-state index contributed by atoms with van der Waals surface area (Å²) in [6, 6.07) is 2.18. The van der Waals surface area contributed by atoms with E-state index in [1.165, 1.54) is 11.5 Å². The molecule has 0 saturated heterocycles. The van der Waals surface area contributed by atoms with Gasteiger partial charge in [-0.05, 0) is 12.5 Å². The summed E-state index contributed by atoms with van der Waals surface area (Å²) in [4.78, 5) is 12.3. The lowest BCUT2D eigenvalue weighted by atomic mass is 10.4. The molecule has 2 heterocycles.